The molecule has 0 amide bonds. The fourth-order valence-corrected chi connectivity index (χ4v) is 2.18. The van der Waals surface area contributed by atoms with Crippen LogP contribution in [0.3, 0.4) is 0 Å². The Morgan fingerprint density at radius 3 is 1.20 bits per heavy atom. The van der Waals surface area contributed by atoms with Gasteiger partial charge in [-0.3, -0.25) is 4.39 Å². The average molecular weight is 281 g/mol. The van der Waals surface area contributed by atoms with Gasteiger partial charge in [-0.2, -0.15) is 0 Å². The van der Waals surface area contributed by atoms with Gasteiger partial charge in [0.05, 0.1) is 6.67 Å². The predicted molar refractivity (Wildman–Crippen MR) is 70.6 cm³/mol. The SMILES string of the molecule is FCCCCCCCCCCCCCBr. The molecule has 0 aliphatic rings. The molecule has 0 atom stereocenters. The minimum absolute atomic E-state index is 0.131. The van der Waals surface area contributed by atoms with Gasteiger partial charge in [0, 0.05) is 5.33 Å². The summed E-state index contributed by atoms with van der Waals surface area (Å²) in [4.78, 5) is 0. The maximum absolute atomic E-state index is 11.8. The third kappa shape index (κ3) is 14.4. The van der Waals surface area contributed by atoms with Crippen molar-refractivity contribution in [3.8, 4) is 0 Å². The molecule has 0 aliphatic heterocycles. The Kier molecular flexibility index (Phi) is 14.8. The average Bonchev–Trinajstić information content (AvgIpc) is 2.26. The van der Waals surface area contributed by atoms with Crippen LogP contribution in [-0.2, 0) is 0 Å². The Morgan fingerprint density at radius 1 is 0.533 bits per heavy atom. The van der Waals surface area contributed by atoms with E-state index in [9.17, 15) is 4.39 Å². The highest BCUT2D eigenvalue weighted by Crippen LogP contribution is 2.11. The van der Waals surface area contributed by atoms with E-state index in [1.54, 1.807) is 0 Å². The van der Waals surface area contributed by atoms with Gasteiger partial charge >= 0.3 is 0 Å². The van der Waals surface area contributed by atoms with Gasteiger partial charge in [-0.1, -0.05) is 73.7 Å². The van der Waals surface area contributed by atoms with E-state index in [-0.39, 0.29) is 6.67 Å². The van der Waals surface area contributed by atoms with Crippen LogP contribution in [0, 0.1) is 0 Å². The highest BCUT2D eigenvalue weighted by Gasteiger charge is 1.92. The lowest BCUT2D eigenvalue weighted by molar-refractivity contribution is 0.449. The van der Waals surface area contributed by atoms with Gasteiger partial charge in [0.2, 0.25) is 0 Å². The molecule has 0 aromatic heterocycles. The Hall–Kier alpha value is 0.410. The number of halogens is 2. The summed E-state index contributed by atoms with van der Waals surface area (Å²) in [5.74, 6) is 0. The summed E-state index contributed by atoms with van der Waals surface area (Å²) in [6, 6.07) is 0. The van der Waals surface area contributed by atoms with E-state index in [1.165, 1.54) is 57.8 Å². The minimum Gasteiger partial charge on any atom is -0.251 e. The number of rotatable bonds is 12. The van der Waals surface area contributed by atoms with Gasteiger partial charge in [0.1, 0.15) is 0 Å². The van der Waals surface area contributed by atoms with Crippen LogP contribution in [0.1, 0.15) is 70.6 Å². The maximum atomic E-state index is 11.8. The van der Waals surface area contributed by atoms with E-state index in [4.69, 9.17) is 0 Å². The first-order valence-corrected chi connectivity index (χ1v) is 7.66. The molecule has 2 heteroatoms. The summed E-state index contributed by atoms with van der Waals surface area (Å²) < 4.78 is 11.8. The number of hydrogen-bond acceptors (Lipinski definition) is 0. The lowest BCUT2D eigenvalue weighted by Gasteiger charge is -2.01. The molecule has 0 fully saturated rings. The maximum Gasteiger partial charge on any atom is 0.0894 e. The molecule has 0 bridgehead atoms. The van der Waals surface area contributed by atoms with Crippen LogP contribution in [0.25, 0.3) is 0 Å². The van der Waals surface area contributed by atoms with Gasteiger partial charge in [0.25, 0.3) is 0 Å². The number of hydrogen-bond donors (Lipinski definition) is 0. The van der Waals surface area contributed by atoms with E-state index in [1.807, 2.05) is 0 Å². The molecule has 0 N–H and O–H groups in total. The molecule has 0 heterocycles. The summed E-state index contributed by atoms with van der Waals surface area (Å²) in [6.07, 6.45) is 14.0. The summed E-state index contributed by atoms with van der Waals surface area (Å²) in [7, 11) is 0. The Morgan fingerprint density at radius 2 is 0.867 bits per heavy atom. The van der Waals surface area contributed by atoms with Crippen LogP contribution in [0.2, 0.25) is 0 Å². The van der Waals surface area contributed by atoms with Gasteiger partial charge < -0.3 is 0 Å². The smallest absolute Gasteiger partial charge is 0.0894 e. The van der Waals surface area contributed by atoms with Crippen molar-refractivity contribution in [2.45, 2.75) is 70.6 Å². The van der Waals surface area contributed by atoms with Crippen molar-refractivity contribution < 1.29 is 4.39 Å². The number of unbranched alkanes of at least 4 members (excludes halogenated alkanes) is 10. The van der Waals surface area contributed by atoms with Crippen LogP contribution in [0.15, 0.2) is 0 Å². The van der Waals surface area contributed by atoms with Crippen LogP contribution >= 0.6 is 15.9 Å². The van der Waals surface area contributed by atoms with Crippen molar-refractivity contribution in [1.82, 2.24) is 0 Å². The van der Waals surface area contributed by atoms with E-state index in [2.05, 4.69) is 15.9 Å². The summed E-state index contributed by atoms with van der Waals surface area (Å²) in [5.41, 5.74) is 0. The third-order valence-electron chi connectivity index (χ3n) is 2.77. The van der Waals surface area contributed by atoms with Gasteiger partial charge in [0.15, 0.2) is 0 Å². The molecule has 0 saturated heterocycles. The molecule has 0 aromatic carbocycles. The molecular formula is C13H26BrF. The largest absolute Gasteiger partial charge is 0.251 e. The Balaban J connectivity index is 2.81. The van der Waals surface area contributed by atoms with Gasteiger partial charge in [-0.25, -0.2) is 0 Å². The first kappa shape index (κ1) is 15.4. The lowest BCUT2D eigenvalue weighted by Crippen LogP contribution is -1.83. The van der Waals surface area contributed by atoms with Crippen molar-refractivity contribution in [3.63, 3.8) is 0 Å². The van der Waals surface area contributed by atoms with E-state index in [0.717, 1.165) is 18.2 Å². The zero-order valence-electron chi connectivity index (χ0n) is 9.95. The van der Waals surface area contributed by atoms with Gasteiger partial charge in [-0.15, -0.1) is 0 Å². The van der Waals surface area contributed by atoms with Crippen LogP contribution in [0.4, 0.5) is 4.39 Å². The Bertz CT molecular complexity index is 94.7. The first-order valence-electron chi connectivity index (χ1n) is 6.53. The van der Waals surface area contributed by atoms with E-state index < -0.39 is 0 Å². The van der Waals surface area contributed by atoms with Crippen LogP contribution in [0.5, 0.6) is 0 Å². The van der Waals surface area contributed by atoms with Crippen molar-refractivity contribution in [2.75, 3.05) is 12.0 Å². The summed E-state index contributed by atoms with van der Waals surface area (Å²) in [6.45, 7) is -0.131. The Labute approximate surface area is 103 Å². The van der Waals surface area contributed by atoms with Crippen molar-refractivity contribution >= 4 is 15.9 Å². The normalized spacial score (nSPS) is 10.8. The first-order chi connectivity index (χ1) is 7.41. The van der Waals surface area contributed by atoms with Gasteiger partial charge in [-0.05, 0) is 12.8 Å². The van der Waals surface area contributed by atoms with E-state index >= 15 is 0 Å². The minimum atomic E-state index is -0.131. The number of alkyl halides is 2. The fourth-order valence-electron chi connectivity index (χ4n) is 1.78. The van der Waals surface area contributed by atoms with Crippen LogP contribution < -0.4 is 0 Å². The standard InChI is InChI=1S/C13H26BrF/c14-12-10-8-6-4-2-1-3-5-7-9-11-13-15/h1-13H2. The molecule has 0 saturated carbocycles. The zero-order valence-corrected chi connectivity index (χ0v) is 11.5. The predicted octanol–water partition coefficient (Wildman–Crippen LogP) is 5.64. The molecule has 15 heavy (non-hydrogen) atoms. The highest BCUT2D eigenvalue weighted by atomic mass is 79.9. The van der Waals surface area contributed by atoms with Crippen molar-refractivity contribution in [2.24, 2.45) is 0 Å². The molecular weight excluding hydrogens is 255 g/mol. The third-order valence-corrected chi connectivity index (χ3v) is 3.33. The lowest BCUT2D eigenvalue weighted by atomic mass is 10.1. The molecule has 0 nitrogen and oxygen atoms in total. The zero-order chi connectivity index (χ0) is 11.2. The second-order valence-electron chi connectivity index (χ2n) is 4.27. The van der Waals surface area contributed by atoms with E-state index in [0.29, 0.717) is 0 Å². The van der Waals surface area contributed by atoms with Crippen LogP contribution in [-0.4, -0.2) is 12.0 Å². The topological polar surface area (TPSA) is 0 Å². The monoisotopic (exact) mass is 280 g/mol. The van der Waals surface area contributed by atoms with Crippen molar-refractivity contribution in [3.05, 3.63) is 0 Å². The molecule has 0 spiro atoms. The highest BCUT2D eigenvalue weighted by molar-refractivity contribution is 9.09. The second-order valence-corrected chi connectivity index (χ2v) is 5.06. The summed E-state index contributed by atoms with van der Waals surface area (Å²) >= 11 is 3.45. The fraction of sp³-hybridized carbons (Fsp3) is 1.00. The quantitative estimate of drug-likeness (QED) is 0.320. The molecule has 0 aromatic rings. The molecule has 0 aliphatic carbocycles. The summed E-state index contributed by atoms with van der Waals surface area (Å²) in [5, 5.41) is 1.15. The molecule has 0 radical (unpaired) electrons. The molecule has 0 unspecified atom stereocenters. The molecule has 0 rings (SSSR count). The second kappa shape index (κ2) is 14.4. The molecule has 92 valence electrons. The van der Waals surface area contributed by atoms with Crippen molar-refractivity contribution in [1.29, 1.82) is 0 Å².